The van der Waals surface area contributed by atoms with E-state index < -0.39 is 11.7 Å². The van der Waals surface area contributed by atoms with E-state index in [1.807, 2.05) is 0 Å². The van der Waals surface area contributed by atoms with Crippen LogP contribution in [0.15, 0.2) is 42.5 Å². The number of primary amides is 1. The molecule has 0 fully saturated rings. The average Bonchev–Trinajstić information content (AvgIpc) is 2.99. The van der Waals surface area contributed by atoms with Gasteiger partial charge < -0.3 is 10.5 Å². The molecule has 6 nitrogen and oxygen atoms in total. The smallest absolute Gasteiger partial charge is 0.269 e. The van der Waals surface area contributed by atoms with E-state index in [4.69, 9.17) is 15.7 Å². The summed E-state index contributed by atoms with van der Waals surface area (Å²) in [6.45, 7) is 1.71. The molecule has 0 saturated carbocycles. The minimum absolute atomic E-state index is 0.0665. The SMILES string of the molecule is COc1ccc(-n2c(-c3ccc(C#N)c(F)c3)nc(C(N)=O)c2C)cc1. The molecule has 2 aromatic carbocycles. The van der Waals surface area contributed by atoms with Crippen LogP contribution in [0.1, 0.15) is 21.7 Å². The lowest BCUT2D eigenvalue weighted by Crippen LogP contribution is -2.13. The highest BCUT2D eigenvalue weighted by atomic mass is 19.1. The monoisotopic (exact) mass is 350 g/mol. The highest BCUT2D eigenvalue weighted by molar-refractivity contribution is 5.93. The van der Waals surface area contributed by atoms with Crippen LogP contribution in [0.25, 0.3) is 17.1 Å². The van der Waals surface area contributed by atoms with Crippen LogP contribution < -0.4 is 10.5 Å². The van der Waals surface area contributed by atoms with E-state index in [9.17, 15) is 9.18 Å². The summed E-state index contributed by atoms with van der Waals surface area (Å²) in [6.07, 6.45) is 0. The Labute approximate surface area is 149 Å². The van der Waals surface area contributed by atoms with Crippen molar-refractivity contribution in [2.45, 2.75) is 6.92 Å². The van der Waals surface area contributed by atoms with E-state index in [-0.39, 0.29) is 11.3 Å². The summed E-state index contributed by atoms with van der Waals surface area (Å²) >= 11 is 0. The summed E-state index contributed by atoms with van der Waals surface area (Å²) in [5, 5.41) is 8.90. The fourth-order valence-electron chi connectivity index (χ4n) is 2.72. The van der Waals surface area contributed by atoms with E-state index in [1.54, 1.807) is 55.0 Å². The molecule has 26 heavy (non-hydrogen) atoms. The van der Waals surface area contributed by atoms with Crippen LogP contribution in [0, 0.1) is 24.1 Å². The van der Waals surface area contributed by atoms with Crippen LogP contribution in [-0.4, -0.2) is 22.6 Å². The zero-order valence-electron chi connectivity index (χ0n) is 14.2. The van der Waals surface area contributed by atoms with Gasteiger partial charge in [0.1, 0.15) is 29.2 Å². The Morgan fingerprint density at radius 3 is 2.50 bits per heavy atom. The highest BCUT2D eigenvalue weighted by Crippen LogP contribution is 2.28. The van der Waals surface area contributed by atoms with Crippen molar-refractivity contribution >= 4 is 5.91 Å². The fourth-order valence-corrected chi connectivity index (χ4v) is 2.72. The molecule has 1 amide bonds. The summed E-state index contributed by atoms with van der Waals surface area (Å²) in [5.41, 5.74) is 7.12. The number of aromatic nitrogens is 2. The number of nitriles is 1. The van der Waals surface area contributed by atoms with Crippen molar-refractivity contribution < 1.29 is 13.9 Å². The number of hydrogen-bond acceptors (Lipinski definition) is 4. The molecule has 2 N–H and O–H groups in total. The third-order valence-electron chi connectivity index (χ3n) is 4.02. The first-order valence-electron chi connectivity index (χ1n) is 7.70. The second-order valence-electron chi connectivity index (χ2n) is 5.57. The zero-order valence-corrected chi connectivity index (χ0v) is 14.2. The Balaban J connectivity index is 2.24. The summed E-state index contributed by atoms with van der Waals surface area (Å²) in [4.78, 5) is 16.0. The fraction of sp³-hybridized carbons (Fsp3) is 0.105. The van der Waals surface area contributed by atoms with Crippen molar-refractivity contribution in [3.05, 3.63) is 65.2 Å². The van der Waals surface area contributed by atoms with Crippen molar-refractivity contribution in [3.63, 3.8) is 0 Å². The largest absolute Gasteiger partial charge is 0.497 e. The van der Waals surface area contributed by atoms with Gasteiger partial charge in [0.25, 0.3) is 5.91 Å². The standard InChI is InChI=1S/C19H15FN4O2/c1-11-17(18(22)25)23-19(12-3-4-13(10-21)16(20)9-12)24(11)14-5-7-15(26-2)8-6-14/h3-9H,1-2H3,(H2,22,25). The molecule has 3 rings (SSSR count). The topological polar surface area (TPSA) is 93.9 Å². The first-order chi connectivity index (χ1) is 12.5. The van der Waals surface area contributed by atoms with Gasteiger partial charge in [-0.05, 0) is 49.4 Å². The molecular formula is C19H15FN4O2. The van der Waals surface area contributed by atoms with Crippen LogP contribution in [0.5, 0.6) is 5.75 Å². The van der Waals surface area contributed by atoms with Gasteiger partial charge in [-0.25, -0.2) is 9.37 Å². The number of carbonyl (C=O) groups is 1. The van der Waals surface area contributed by atoms with Crippen LogP contribution in [0.4, 0.5) is 4.39 Å². The Hall–Kier alpha value is -3.66. The lowest BCUT2D eigenvalue weighted by Gasteiger charge is -2.11. The predicted octanol–water partition coefficient (Wildman–Crippen LogP) is 2.97. The Morgan fingerprint density at radius 1 is 1.27 bits per heavy atom. The quantitative estimate of drug-likeness (QED) is 0.783. The summed E-state index contributed by atoms with van der Waals surface area (Å²) in [7, 11) is 1.56. The molecule has 0 saturated heterocycles. The molecule has 3 aromatic rings. The molecule has 0 atom stereocenters. The maximum absolute atomic E-state index is 14.1. The van der Waals surface area contributed by atoms with Gasteiger partial charge in [0, 0.05) is 11.3 Å². The zero-order chi connectivity index (χ0) is 18.8. The Morgan fingerprint density at radius 2 is 1.96 bits per heavy atom. The third-order valence-corrected chi connectivity index (χ3v) is 4.02. The number of amides is 1. The normalized spacial score (nSPS) is 10.4. The molecule has 0 aliphatic rings. The molecule has 0 aliphatic carbocycles. The number of hydrogen-bond donors (Lipinski definition) is 1. The number of rotatable bonds is 4. The number of nitrogens with zero attached hydrogens (tertiary/aromatic N) is 3. The molecule has 0 bridgehead atoms. The van der Waals surface area contributed by atoms with Gasteiger partial charge in [-0.15, -0.1) is 0 Å². The summed E-state index contributed by atoms with van der Waals surface area (Å²) in [6, 6.07) is 13.1. The Bertz CT molecular complexity index is 1030. The maximum atomic E-state index is 14.1. The van der Waals surface area contributed by atoms with Gasteiger partial charge in [0.2, 0.25) is 0 Å². The minimum atomic E-state index is -0.676. The van der Waals surface area contributed by atoms with Crippen LogP contribution in [0.2, 0.25) is 0 Å². The summed E-state index contributed by atoms with van der Waals surface area (Å²) < 4.78 is 20.9. The van der Waals surface area contributed by atoms with Crippen molar-refractivity contribution in [2.24, 2.45) is 5.73 Å². The minimum Gasteiger partial charge on any atom is -0.497 e. The molecule has 0 spiro atoms. The van der Waals surface area contributed by atoms with Crippen molar-refractivity contribution in [3.8, 4) is 28.9 Å². The molecular weight excluding hydrogens is 335 g/mol. The number of nitrogens with two attached hydrogens (primary N) is 1. The van der Waals surface area contributed by atoms with Crippen molar-refractivity contribution in [1.29, 1.82) is 5.26 Å². The maximum Gasteiger partial charge on any atom is 0.269 e. The first kappa shape index (κ1) is 17.2. The van der Waals surface area contributed by atoms with Crippen LogP contribution >= 0.6 is 0 Å². The van der Waals surface area contributed by atoms with E-state index in [2.05, 4.69) is 4.98 Å². The molecule has 7 heteroatoms. The Kier molecular flexibility index (Phi) is 4.42. The number of imidazole rings is 1. The van der Waals surface area contributed by atoms with E-state index in [0.717, 1.165) is 0 Å². The number of ether oxygens (including phenoxy) is 1. The number of benzene rings is 2. The molecule has 1 aromatic heterocycles. The van der Waals surface area contributed by atoms with Crippen LogP contribution in [-0.2, 0) is 0 Å². The number of halogens is 1. The molecule has 0 unspecified atom stereocenters. The lowest BCUT2D eigenvalue weighted by atomic mass is 10.1. The van der Waals surface area contributed by atoms with Gasteiger partial charge in [-0.2, -0.15) is 5.26 Å². The molecule has 130 valence electrons. The second-order valence-corrected chi connectivity index (χ2v) is 5.57. The second kappa shape index (κ2) is 6.69. The van der Waals surface area contributed by atoms with Gasteiger partial charge in [-0.3, -0.25) is 9.36 Å². The first-order valence-corrected chi connectivity index (χ1v) is 7.70. The number of carbonyl (C=O) groups excluding carboxylic acids is 1. The summed E-state index contributed by atoms with van der Waals surface area (Å²) in [5.74, 6) is -0.310. The average molecular weight is 350 g/mol. The van der Waals surface area contributed by atoms with E-state index in [1.165, 1.54) is 12.1 Å². The van der Waals surface area contributed by atoms with Crippen LogP contribution in [0.3, 0.4) is 0 Å². The molecule has 0 radical (unpaired) electrons. The van der Waals surface area contributed by atoms with Crippen molar-refractivity contribution in [1.82, 2.24) is 9.55 Å². The molecule has 0 aliphatic heterocycles. The van der Waals surface area contributed by atoms with Crippen molar-refractivity contribution in [2.75, 3.05) is 7.11 Å². The van der Waals surface area contributed by atoms with Gasteiger partial charge in [-0.1, -0.05) is 0 Å². The van der Waals surface area contributed by atoms with Gasteiger partial charge in [0.15, 0.2) is 0 Å². The van der Waals surface area contributed by atoms with E-state index in [0.29, 0.717) is 28.5 Å². The molecule has 1 heterocycles. The lowest BCUT2D eigenvalue weighted by molar-refractivity contribution is 0.0995. The van der Waals surface area contributed by atoms with E-state index >= 15 is 0 Å². The number of methoxy groups -OCH3 is 1. The van der Waals surface area contributed by atoms with Gasteiger partial charge >= 0.3 is 0 Å². The highest BCUT2D eigenvalue weighted by Gasteiger charge is 2.20. The van der Waals surface area contributed by atoms with Gasteiger partial charge in [0.05, 0.1) is 18.4 Å². The third kappa shape index (κ3) is 2.89. The predicted molar refractivity (Wildman–Crippen MR) is 93.5 cm³/mol.